The van der Waals surface area contributed by atoms with E-state index in [1.807, 2.05) is 36.2 Å². The van der Waals surface area contributed by atoms with Crippen molar-refractivity contribution < 1.29 is 9.53 Å². The van der Waals surface area contributed by atoms with Crippen molar-refractivity contribution in [3.63, 3.8) is 0 Å². The number of amides is 1. The first-order chi connectivity index (χ1) is 13.8. The van der Waals surface area contributed by atoms with E-state index in [4.69, 9.17) is 4.74 Å². The number of aromatic amines is 1. The van der Waals surface area contributed by atoms with Crippen LogP contribution < -0.4 is 4.74 Å². The molecule has 3 aromatic rings. The number of hydrogen-bond donors (Lipinski definition) is 1. The summed E-state index contributed by atoms with van der Waals surface area (Å²) in [7, 11) is 0. The number of imidazole rings is 1. The van der Waals surface area contributed by atoms with Crippen molar-refractivity contribution in [2.24, 2.45) is 5.92 Å². The summed E-state index contributed by atoms with van der Waals surface area (Å²) in [4.78, 5) is 19.0. The summed E-state index contributed by atoms with van der Waals surface area (Å²) in [6, 6.07) is 5.63. The lowest BCUT2D eigenvalue weighted by Crippen LogP contribution is -2.39. The molecule has 4 rings (SSSR count). The Morgan fingerprint density at radius 2 is 2.03 bits per heavy atom. The Balaban J connectivity index is 1.29. The number of ether oxygens (including phenoxy) is 1. The second kappa shape index (κ2) is 7.50. The van der Waals surface area contributed by atoms with Gasteiger partial charge in [0, 0.05) is 30.3 Å². The summed E-state index contributed by atoms with van der Waals surface area (Å²) < 4.78 is 7.64. The summed E-state index contributed by atoms with van der Waals surface area (Å²) in [6.07, 6.45) is 3.70. The Morgan fingerprint density at radius 3 is 2.72 bits per heavy atom. The lowest BCUT2D eigenvalue weighted by Gasteiger charge is -2.31. The Hall–Kier alpha value is -2.90. The molecule has 0 bridgehead atoms. The van der Waals surface area contributed by atoms with E-state index in [9.17, 15) is 4.79 Å². The number of carbonyl (C=O) groups excluding carboxylic acids is 1. The van der Waals surface area contributed by atoms with E-state index in [0.717, 1.165) is 43.0 Å². The third-order valence-electron chi connectivity index (χ3n) is 5.39. The first-order valence-corrected chi connectivity index (χ1v) is 10.1. The molecule has 4 heterocycles. The molecule has 1 fully saturated rings. The highest BCUT2D eigenvalue weighted by Gasteiger charge is 2.27. The first kappa shape index (κ1) is 19.4. The van der Waals surface area contributed by atoms with Crippen LogP contribution in [0.15, 0.2) is 24.4 Å². The number of piperidine rings is 1. The maximum atomic E-state index is 12.7. The molecule has 1 aliphatic rings. The quantitative estimate of drug-likeness (QED) is 0.732. The number of H-pyrrole nitrogens is 1. The number of carbonyl (C=O) groups is 1. The normalized spacial score (nSPS) is 15.8. The third kappa shape index (κ3) is 4.26. The highest BCUT2D eigenvalue weighted by Crippen LogP contribution is 2.23. The van der Waals surface area contributed by atoms with Crippen LogP contribution >= 0.6 is 0 Å². The fourth-order valence-electron chi connectivity index (χ4n) is 3.54. The van der Waals surface area contributed by atoms with Gasteiger partial charge in [0.2, 0.25) is 5.88 Å². The molecule has 3 aromatic heterocycles. The zero-order chi connectivity index (χ0) is 20.6. The molecule has 1 aliphatic heterocycles. The molecule has 0 aromatic carbocycles. The summed E-state index contributed by atoms with van der Waals surface area (Å²) in [5.74, 6) is 1.00. The molecule has 154 valence electrons. The average molecular weight is 396 g/mol. The summed E-state index contributed by atoms with van der Waals surface area (Å²) >= 11 is 0. The predicted octanol–water partition coefficient (Wildman–Crippen LogP) is 2.99. The van der Waals surface area contributed by atoms with Crippen molar-refractivity contribution >= 4 is 11.6 Å². The van der Waals surface area contributed by atoms with Gasteiger partial charge in [-0.15, -0.1) is 5.10 Å². The lowest BCUT2D eigenvalue weighted by molar-refractivity contribution is 0.0653. The number of likely N-dealkylation sites (tertiary alicyclic amines) is 1. The van der Waals surface area contributed by atoms with Crippen molar-refractivity contribution in [2.75, 3.05) is 19.7 Å². The monoisotopic (exact) mass is 396 g/mol. The first-order valence-electron chi connectivity index (χ1n) is 10.1. The maximum Gasteiger partial charge on any atom is 0.274 e. The highest BCUT2D eigenvalue weighted by molar-refractivity contribution is 5.92. The number of nitrogens with zero attached hydrogens (tertiary/aromatic N) is 5. The standard InChI is InChI=1S/C21H28N6O2/c1-14-12-27-18(22-14)5-6-19(25-27)29-13-15-7-9-26(10-8-15)20(28)16-11-17(24-23-16)21(2,3)4/h5-6,11-12,15H,7-10,13H2,1-4H3,(H,23,24). The molecule has 1 saturated heterocycles. The number of aromatic nitrogens is 5. The van der Waals surface area contributed by atoms with Crippen molar-refractivity contribution in [1.29, 1.82) is 0 Å². The molecule has 0 radical (unpaired) electrons. The Kier molecular flexibility index (Phi) is 5.02. The molecular formula is C21H28N6O2. The van der Waals surface area contributed by atoms with Crippen LogP contribution in [-0.2, 0) is 5.41 Å². The minimum absolute atomic E-state index is 0.00119. The van der Waals surface area contributed by atoms with E-state index in [1.165, 1.54) is 0 Å². The van der Waals surface area contributed by atoms with Gasteiger partial charge in [-0.3, -0.25) is 9.89 Å². The number of hydrogen-bond acceptors (Lipinski definition) is 5. The summed E-state index contributed by atoms with van der Waals surface area (Å²) in [6.45, 7) is 10.3. The van der Waals surface area contributed by atoms with Gasteiger partial charge in [0.05, 0.1) is 18.5 Å². The second-order valence-electron chi connectivity index (χ2n) is 8.82. The van der Waals surface area contributed by atoms with Gasteiger partial charge < -0.3 is 9.64 Å². The summed E-state index contributed by atoms with van der Waals surface area (Å²) in [5.41, 5.74) is 3.16. The van der Waals surface area contributed by atoms with Gasteiger partial charge in [-0.25, -0.2) is 9.50 Å². The fourth-order valence-corrected chi connectivity index (χ4v) is 3.54. The van der Waals surface area contributed by atoms with E-state index in [0.29, 0.717) is 24.1 Å². The molecule has 0 spiro atoms. The lowest BCUT2D eigenvalue weighted by atomic mass is 9.92. The van der Waals surface area contributed by atoms with Gasteiger partial charge in [0.1, 0.15) is 5.69 Å². The average Bonchev–Trinajstić information content (AvgIpc) is 3.31. The molecule has 1 amide bonds. The van der Waals surface area contributed by atoms with E-state index >= 15 is 0 Å². The van der Waals surface area contributed by atoms with Crippen molar-refractivity contribution in [2.45, 2.75) is 46.0 Å². The molecule has 0 atom stereocenters. The van der Waals surface area contributed by atoms with Crippen LogP contribution in [0, 0.1) is 12.8 Å². The summed E-state index contributed by atoms with van der Waals surface area (Å²) in [5, 5.41) is 11.7. The van der Waals surface area contributed by atoms with E-state index in [2.05, 4.69) is 41.1 Å². The van der Waals surface area contributed by atoms with Crippen LogP contribution in [0.2, 0.25) is 0 Å². The second-order valence-corrected chi connectivity index (χ2v) is 8.82. The molecule has 0 saturated carbocycles. The van der Waals surface area contributed by atoms with Gasteiger partial charge in [0.15, 0.2) is 5.65 Å². The largest absolute Gasteiger partial charge is 0.476 e. The van der Waals surface area contributed by atoms with Crippen LogP contribution in [0.3, 0.4) is 0 Å². The number of fused-ring (bicyclic) bond motifs is 1. The Labute approximate surface area is 170 Å². The highest BCUT2D eigenvalue weighted by atomic mass is 16.5. The topological polar surface area (TPSA) is 88.4 Å². The molecule has 29 heavy (non-hydrogen) atoms. The molecule has 0 unspecified atom stereocenters. The number of aryl methyl sites for hydroxylation is 1. The van der Waals surface area contributed by atoms with Gasteiger partial charge in [-0.05, 0) is 37.8 Å². The van der Waals surface area contributed by atoms with Crippen LogP contribution in [0.5, 0.6) is 5.88 Å². The minimum atomic E-state index is -0.0533. The Morgan fingerprint density at radius 1 is 1.28 bits per heavy atom. The molecule has 8 nitrogen and oxygen atoms in total. The van der Waals surface area contributed by atoms with Gasteiger partial charge in [-0.1, -0.05) is 20.8 Å². The molecule has 0 aliphatic carbocycles. The van der Waals surface area contributed by atoms with E-state index < -0.39 is 0 Å². The van der Waals surface area contributed by atoms with Crippen LogP contribution in [0.1, 0.15) is 55.5 Å². The minimum Gasteiger partial charge on any atom is -0.476 e. The Bertz CT molecular complexity index is 1010. The zero-order valence-corrected chi connectivity index (χ0v) is 17.5. The maximum absolute atomic E-state index is 12.7. The molecule has 8 heteroatoms. The SMILES string of the molecule is Cc1cn2nc(OCC3CCN(C(=O)c4cc(C(C)(C)C)[nH]n4)CC3)ccc2n1. The van der Waals surface area contributed by atoms with Crippen LogP contribution in [0.25, 0.3) is 5.65 Å². The van der Waals surface area contributed by atoms with Crippen LogP contribution in [0.4, 0.5) is 0 Å². The van der Waals surface area contributed by atoms with Gasteiger partial charge in [0.25, 0.3) is 5.91 Å². The molecule has 1 N–H and O–H groups in total. The van der Waals surface area contributed by atoms with Crippen molar-refractivity contribution in [3.05, 3.63) is 41.5 Å². The number of rotatable bonds is 4. The van der Waals surface area contributed by atoms with E-state index in [-0.39, 0.29) is 11.3 Å². The van der Waals surface area contributed by atoms with Crippen LogP contribution in [-0.4, -0.2) is 55.3 Å². The van der Waals surface area contributed by atoms with Gasteiger partial charge in [-0.2, -0.15) is 5.10 Å². The number of nitrogens with one attached hydrogen (secondary N) is 1. The fraction of sp³-hybridized carbons (Fsp3) is 0.524. The smallest absolute Gasteiger partial charge is 0.274 e. The van der Waals surface area contributed by atoms with Crippen molar-refractivity contribution in [3.8, 4) is 5.88 Å². The van der Waals surface area contributed by atoms with Gasteiger partial charge >= 0.3 is 0 Å². The zero-order valence-electron chi connectivity index (χ0n) is 17.5. The van der Waals surface area contributed by atoms with E-state index in [1.54, 1.807) is 4.52 Å². The molecular weight excluding hydrogens is 368 g/mol. The third-order valence-corrected chi connectivity index (χ3v) is 5.39. The predicted molar refractivity (Wildman–Crippen MR) is 109 cm³/mol. The van der Waals surface area contributed by atoms with Crippen molar-refractivity contribution in [1.82, 2.24) is 29.7 Å².